The molecule has 1 fully saturated rings. The van der Waals surface area contributed by atoms with Crippen LogP contribution in [-0.4, -0.2) is 34.1 Å². The third-order valence-electron chi connectivity index (χ3n) is 4.47. The SMILES string of the molecule is CCN(CC)c1nc(N)nc(NC2CCC(C)C2C)n1. The molecule has 1 heterocycles. The lowest BCUT2D eigenvalue weighted by atomic mass is 9.98. The highest BCUT2D eigenvalue weighted by molar-refractivity contribution is 5.42. The van der Waals surface area contributed by atoms with E-state index in [9.17, 15) is 0 Å². The van der Waals surface area contributed by atoms with Crippen molar-refractivity contribution in [2.24, 2.45) is 11.8 Å². The fraction of sp³-hybridized carbons (Fsp3) is 0.786. The van der Waals surface area contributed by atoms with Crippen LogP contribution < -0.4 is 16.0 Å². The topological polar surface area (TPSA) is 80.0 Å². The van der Waals surface area contributed by atoms with E-state index in [0.29, 0.717) is 23.9 Å². The van der Waals surface area contributed by atoms with Gasteiger partial charge in [0.2, 0.25) is 17.8 Å². The number of hydrogen-bond acceptors (Lipinski definition) is 6. The molecule has 1 aromatic rings. The molecule has 3 unspecified atom stereocenters. The van der Waals surface area contributed by atoms with E-state index in [1.807, 2.05) is 0 Å². The van der Waals surface area contributed by atoms with Crippen LogP contribution in [0.15, 0.2) is 0 Å². The minimum atomic E-state index is 0.281. The number of nitrogens with two attached hydrogens (primary N) is 1. The molecule has 20 heavy (non-hydrogen) atoms. The van der Waals surface area contributed by atoms with E-state index in [0.717, 1.165) is 25.4 Å². The van der Waals surface area contributed by atoms with E-state index in [4.69, 9.17) is 5.73 Å². The lowest BCUT2D eigenvalue weighted by molar-refractivity contribution is 0.434. The number of anilines is 3. The first-order valence-corrected chi connectivity index (χ1v) is 7.58. The second-order valence-corrected chi connectivity index (χ2v) is 5.65. The fourth-order valence-electron chi connectivity index (χ4n) is 2.83. The molecule has 1 aliphatic rings. The molecular formula is C14H26N6. The molecule has 0 radical (unpaired) electrons. The van der Waals surface area contributed by atoms with Gasteiger partial charge in [0.25, 0.3) is 0 Å². The fourth-order valence-corrected chi connectivity index (χ4v) is 2.83. The summed E-state index contributed by atoms with van der Waals surface area (Å²) in [4.78, 5) is 15.0. The van der Waals surface area contributed by atoms with Crippen molar-refractivity contribution in [1.29, 1.82) is 0 Å². The van der Waals surface area contributed by atoms with Gasteiger partial charge in [0.1, 0.15) is 0 Å². The van der Waals surface area contributed by atoms with Crippen LogP contribution in [0.5, 0.6) is 0 Å². The molecule has 1 aliphatic carbocycles. The molecule has 6 nitrogen and oxygen atoms in total. The normalized spacial score (nSPS) is 25.7. The lowest BCUT2D eigenvalue weighted by Gasteiger charge is -2.22. The number of nitrogens with zero attached hydrogens (tertiary/aromatic N) is 4. The Morgan fingerprint density at radius 2 is 1.85 bits per heavy atom. The van der Waals surface area contributed by atoms with Crippen LogP contribution in [0.25, 0.3) is 0 Å². The van der Waals surface area contributed by atoms with E-state index in [1.165, 1.54) is 6.42 Å². The molecule has 0 saturated heterocycles. The maximum absolute atomic E-state index is 5.81. The van der Waals surface area contributed by atoms with Gasteiger partial charge in [-0.1, -0.05) is 13.8 Å². The molecule has 0 bridgehead atoms. The van der Waals surface area contributed by atoms with Crippen molar-refractivity contribution < 1.29 is 0 Å². The number of nitrogen functional groups attached to an aromatic ring is 1. The van der Waals surface area contributed by atoms with Crippen molar-refractivity contribution >= 4 is 17.8 Å². The van der Waals surface area contributed by atoms with Gasteiger partial charge in [0.15, 0.2) is 0 Å². The highest BCUT2D eigenvalue weighted by Gasteiger charge is 2.30. The van der Waals surface area contributed by atoms with Gasteiger partial charge in [-0.15, -0.1) is 0 Å². The van der Waals surface area contributed by atoms with Gasteiger partial charge in [0, 0.05) is 19.1 Å². The quantitative estimate of drug-likeness (QED) is 0.859. The van der Waals surface area contributed by atoms with E-state index in [-0.39, 0.29) is 5.95 Å². The molecule has 0 aliphatic heterocycles. The summed E-state index contributed by atoms with van der Waals surface area (Å²) >= 11 is 0. The Morgan fingerprint density at radius 1 is 1.15 bits per heavy atom. The Morgan fingerprint density at radius 3 is 2.40 bits per heavy atom. The van der Waals surface area contributed by atoms with Gasteiger partial charge >= 0.3 is 0 Å². The minimum absolute atomic E-state index is 0.281. The zero-order valence-electron chi connectivity index (χ0n) is 12.9. The molecule has 3 atom stereocenters. The van der Waals surface area contributed by atoms with Crippen LogP contribution in [0.4, 0.5) is 17.8 Å². The van der Waals surface area contributed by atoms with Crippen molar-refractivity contribution in [2.75, 3.05) is 29.0 Å². The van der Waals surface area contributed by atoms with Crippen LogP contribution in [0.2, 0.25) is 0 Å². The molecule has 2 rings (SSSR count). The first-order chi connectivity index (χ1) is 9.55. The number of hydrogen-bond donors (Lipinski definition) is 2. The predicted octanol–water partition coefficient (Wildman–Crippen LogP) is 2.15. The van der Waals surface area contributed by atoms with Crippen LogP contribution in [0.1, 0.15) is 40.5 Å². The Balaban J connectivity index is 2.16. The van der Waals surface area contributed by atoms with Gasteiger partial charge < -0.3 is 16.0 Å². The Labute approximate surface area is 121 Å². The van der Waals surface area contributed by atoms with Crippen molar-refractivity contribution in [1.82, 2.24) is 15.0 Å². The first-order valence-electron chi connectivity index (χ1n) is 7.58. The third kappa shape index (κ3) is 3.11. The Hall–Kier alpha value is -1.59. The molecule has 0 aromatic carbocycles. The summed E-state index contributed by atoms with van der Waals surface area (Å²) in [5.74, 6) is 2.91. The van der Waals surface area contributed by atoms with Crippen LogP contribution in [-0.2, 0) is 0 Å². The zero-order chi connectivity index (χ0) is 14.7. The van der Waals surface area contributed by atoms with Gasteiger partial charge in [-0.25, -0.2) is 0 Å². The predicted molar refractivity (Wildman–Crippen MR) is 82.8 cm³/mol. The second-order valence-electron chi connectivity index (χ2n) is 5.65. The maximum atomic E-state index is 5.81. The monoisotopic (exact) mass is 278 g/mol. The summed E-state index contributed by atoms with van der Waals surface area (Å²) in [6.45, 7) is 10.5. The van der Waals surface area contributed by atoms with Gasteiger partial charge in [-0.3, -0.25) is 0 Å². The van der Waals surface area contributed by atoms with Crippen molar-refractivity contribution in [3.8, 4) is 0 Å². The Kier molecular flexibility index (Phi) is 4.62. The van der Waals surface area contributed by atoms with Crippen LogP contribution >= 0.6 is 0 Å². The second kappa shape index (κ2) is 6.24. The summed E-state index contributed by atoms with van der Waals surface area (Å²) in [6.07, 6.45) is 2.41. The van der Waals surface area contributed by atoms with Crippen molar-refractivity contribution in [3.63, 3.8) is 0 Å². The largest absolute Gasteiger partial charge is 0.368 e. The van der Waals surface area contributed by atoms with Crippen LogP contribution in [0, 0.1) is 11.8 Å². The van der Waals surface area contributed by atoms with E-state index in [1.54, 1.807) is 0 Å². The lowest BCUT2D eigenvalue weighted by Crippen LogP contribution is -2.28. The molecular weight excluding hydrogens is 252 g/mol. The van der Waals surface area contributed by atoms with Crippen LogP contribution in [0.3, 0.4) is 0 Å². The molecule has 112 valence electrons. The number of nitrogens with one attached hydrogen (secondary N) is 1. The average molecular weight is 278 g/mol. The highest BCUT2D eigenvalue weighted by Crippen LogP contribution is 2.32. The zero-order valence-corrected chi connectivity index (χ0v) is 12.9. The summed E-state index contributed by atoms with van der Waals surface area (Å²) in [5, 5.41) is 3.44. The molecule has 0 amide bonds. The number of rotatable bonds is 5. The van der Waals surface area contributed by atoms with E-state index in [2.05, 4.69) is 52.9 Å². The van der Waals surface area contributed by atoms with Crippen molar-refractivity contribution in [2.45, 2.75) is 46.6 Å². The van der Waals surface area contributed by atoms with E-state index >= 15 is 0 Å². The minimum Gasteiger partial charge on any atom is -0.368 e. The van der Waals surface area contributed by atoms with Gasteiger partial charge in [0.05, 0.1) is 0 Å². The third-order valence-corrected chi connectivity index (χ3v) is 4.47. The van der Waals surface area contributed by atoms with Gasteiger partial charge in [-0.2, -0.15) is 15.0 Å². The molecule has 3 N–H and O–H groups in total. The van der Waals surface area contributed by atoms with E-state index < -0.39 is 0 Å². The summed E-state index contributed by atoms with van der Waals surface area (Å²) in [5.41, 5.74) is 5.81. The number of aromatic nitrogens is 3. The maximum Gasteiger partial charge on any atom is 0.231 e. The Bertz CT molecular complexity index is 445. The molecule has 1 saturated carbocycles. The highest BCUT2D eigenvalue weighted by atomic mass is 15.3. The standard InChI is InChI=1S/C14H26N6/c1-5-20(6-2)14-18-12(15)17-13(19-14)16-11-8-7-9(3)10(11)4/h9-11H,5-8H2,1-4H3,(H3,15,16,17,18,19). The first kappa shape index (κ1) is 14.8. The summed E-state index contributed by atoms with van der Waals surface area (Å²) in [7, 11) is 0. The van der Waals surface area contributed by atoms with Gasteiger partial charge in [-0.05, 0) is 38.5 Å². The summed E-state index contributed by atoms with van der Waals surface area (Å²) in [6, 6.07) is 0.427. The smallest absolute Gasteiger partial charge is 0.231 e. The molecule has 1 aromatic heterocycles. The summed E-state index contributed by atoms with van der Waals surface area (Å²) < 4.78 is 0. The average Bonchev–Trinajstić information content (AvgIpc) is 2.72. The molecule has 0 spiro atoms. The van der Waals surface area contributed by atoms with Crippen molar-refractivity contribution in [3.05, 3.63) is 0 Å². The molecule has 6 heteroatoms.